The third-order valence-electron chi connectivity index (χ3n) is 43.8. The van der Waals surface area contributed by atoms with Crippen molar-refractivity contribution >= 4 is 0 Å². The van der Waals surface area contributed by atoms with Crippen molar-refractivity contribution in [1.82, 2.24) is 0 Å². The average molecular weight is 1600 g/mol. The van der Waals surface area contributed by atoms with Crippen molar-refractivity contribution in [2.24, 2.45) is 116 Å². The lowest BCUT2D eigenvalue weighted by Crippen LogP contribution is -2.44. The summed E-state index contributed by atoms with van der Waals surface area (Å²) in [5.74, 6) is 4.95. The molecule has 0 radical (unpaired) electrons. The van der Waals surface area contributed by atoms with E-state index in [0.29, 0.717) is 122 Å². The van der Waals surface area contributed by atoms with Crippen molar-refractivity contribution in [1.29, 1.82) is 0 Å². The number of hydrogen-bond acceptors (Lipinski definition) is 0. The minimum absolute atomic E-state index is 0.0810. The number of allylic oxidation sites excluding steroid dienone is 20. The summed E-state index contributed by atoms with van der Waals surface area (Å²) >= 11 is 0. The van der Waals surface area contributed by atoms with E-state index >= 15 is 0 Å². The molecule has 116 heavy (non-hydrogen) atoms. The van der Waals surface area contributed by atoms with Gasteiger partial charge in [0.05, 0.1) is 0 Å². The van der Waals surface area contributed by atoms with Gasteiger partial charge in [0.15, 0.2) is 0 Å². The van der Waals surface area contributed by atoms with Crippen LogP contribution >= 0.6 is 0 Å². The lowest BCUT2D eigenvalue weighted by Gasteiger charge is -2.45. The molecule has 20 bridgehead atoms. The molecular weight excluding hydrogens is 1420 g/mol. The molecule has 23 aliphatic rings. The Labute approximate surface area is 714 Å². The summed E-state index contributed by atoms with van der Waals surface area (Å²) in [6.07, 6.45) is 31.0. The maximum absolute atomic E-state index is 13.7. The molecule has 0 aromatic heterocycles. The molecule has 0 aromatic rings. The Morgan fingerprint density at radius 2 is 0.491 bits per heavy atom. The van der Waals surface area contributed by atoms with Crippen LogP contribution in [-0.2, 0) is 0 Å². The number of fused-ring (bicyclic) bond motifs is 14. The fourth-order valence-electron chi connectivity index (χ4n) is 31.4. The molecule has 10 fully saturated rings. The summed E-state index contributed by atoms with van der Waals surface area (Å²) < 4.78 is 53.9. The van der Waals surface area contributed by atoms with Crippen molar-refractivity contribution in [3.8, 4) is 0 Å². The molecule has 23 aliphatic carbocycles. The van der Waals surface area contributed by atoms with Crippen LogP contribution < -0.4 is 0 Å². The molecule has 14 atom stereocenters. The molecular formula is C112H180F4. The molecule has 0 nitrogen and oxygen atoms in total. The van der Waals surface area contributed by atoms with Crippen LogP contribution in [-0.4, -0.2) is 22.7 Å². The minimum atomic E-state index is -1.29. The predicted octanol–water partition coefficient (Wildman–Crippen LogP) is 35.8. The van der Waals surface area contributed by atoms with Crippen LogP contribution in [0.2, 0.25) is 0 Å². The lowest BCUT2D eigenvalue weighted by molar-refractivity contribution is -0.0107. The van der Waals surface area contributed by atoms with Crippen molar-refractivity contribution in [2.45, 2.75) is 473 Å². The van der Waals surface area contributed by atoms with Crippen molar-refractivity contribution in [3.63, 3.8) is 0 Å². The van der Waals surface area contributed by atoms with E-state index in [-0.39, 0.29) is 19.3 Å². The Morgan fingerprint density at radius 1 is 0.216 bits per heavy atom. The molecule has 0 heterocycles. The van der Waals surface area contributed by atoms with Crippen LogP contribution in [0, 0.1) is 116 Å². The van der Waals surface area contributed by atoms with Gasteiger partial charge in [-0.05, 0) is 425 Å². The number of halogens is 4. The topological polar surface area (TPSA) is 0 Å². The van der Waals surface area contributed by atoms with E-state index in [1.54, 1.807) is 117 Å². The molecule has 0 saturated heterocycles. The summed E-state index contributed by atoms with van der Waals surface area (Å²) in [5, 5.41) is 0. The molecule has 10 saturated carbocycles. The van der Waals surface area contributed by atoms with E-state index in [4.69, 9.17) is 0 Å². The summed E-state index contributed by atoms with van der Waals surface area (Å²) in [6.45, 7) is 95.5. The second kappa shape index (κ2) is 29.1. The maximum Gasteiger partial charge on any atom is 0.138 e. The second-order valence-corrected chi connectivity index (χ2v) is 51.5. The number of alkyl halides is 4. The SMILES string of the molecule is CC1=C(C)C2(C(C)(C)C)CCC1(C(C)(C)C)C2.CC1=C(C)C2(C(C)(C)C)CCC1(C)C2.CC1=C(C)C2(C(C)(C)C)CCC1C2.CC1=C(C)C2(C)CC1(C)C2.CC1=C(C)C2(C)CCC1(C)C2.CC1=C(C)C2(C)CCC1(C)C2(C)C.CC1=C(C)C2(F)CC1(F)C2.CC1=C(C)C2(F)CCC1(F)C2.CC1=C(C)C2CC1C2.CC1=C(C)C2CCC1C2. The zero-order chi connectivity index (χ0) is 87.8. The zero-order valence-electron chi connectivity index (χ0n) is 83.8. The Kier molecular flexibility index (Phi) is 23.5. The van der Waals surface area contributed by atoms with Crippen LogP contribution in [0.5, 0.6) is 0 Å². The maximum atomic E-state index is 13.7. The van der Waals surface area contributed by atoms with Gasteiger partial charge in [-0.1, -0.05) is 235 Å². The Morgan fingerprint density at radius 3 is 0.681 bits per heavy atom. The molecule has 14 unspecified atom stereocenters. The molecule has 0 aromatic carbocycles. The molecule has 23 rings (SSSR count). The van der Waals surface area contributed by atoms with E-state index in [9.17, 15) is 17.6 Å². The van der Waals surface area contributed by atoms with Gasteiger partial charge in [0.25, 0.3) is 0 Å². The van der Waals surface area contributed by atoms with Gasteiger partial charge in [-0.25, -0.2) is 17.6 Å². The Bertz CT molecular complexity index is 3970. The third kappa shape index (κ3) is 13.8. The van der Waals surface area contributed by atoms with Gasteiger partial charge in [-0.2, -0.15) is 0 Å². The van der Waals surface area contributed by atoms with E-state index < -0.39 is 22.7 Å². The van der Waals surface area contributed by atoms with Crippen LogP contribution in [0.15, 0.2) is 111 Å². The highest BCUT2D eigenvalue weighted by Crippen LogP contribution is 2.77. The summed E-state index contributed by atoms with van der Waals surface area (Å²) in [7, 11) is 0. The van der Waals surface area contributed by atoms with Crippen LogP contribution in [0.1, 0.15) is 451 Å². The van der Waals surface area contributed by atoms with Crippen LogP contribution in [0.25, 0.3) is 0 Å². The van der Waals surface area contributed by atoms with Gasteiger partial charge in [-0.15, -0.1) is 0 Å². The minimum Gasteiger partial charge on any atom is -0.239 e. The molecule has 0 aliphatic heterocycles. The van der Waals surface area contributed by atoms with Crippen molar-refractivity contribution < 1.29 is 17.6 Å². The molecule has 0 N–H and O–H groups in total. The number of rotatable bonds is 0. The molecule has 4 heteroatoms. The Balaban J connectivity index is 0.000000127. The van der Waals surface area contributed by atoms with Crippen molar-refractivity contribution in [2.75, 3.05) is 0 Å². The summed E-state index contributed by atoms with van der Waals surface area (Å²) in [4.78, 5) is 0. The van der Waals surface area contributed by atoms with Gasteiger partial charge >= 0.3 is 0 Å². The summed E-state index contributed by atoms with van der Waals surface area (Å²) in [6, 6.07) is 0. The van der Waals surface area contributed by atoms with Crippen LogP contribution in [0.4, 0.5) is 17.6 Å². The number of hydrogen-bond donors (Lipinski definition) is 0. The molecule has 0 spiro atoms. The first kappa shape index (κ1) is 93.8. The lowest BCUT2D eigenvalue weighted by atomic mass is 9.59. The fourth-order valence-corrected chi connectivity index (χ4v) is 31.4. The standard InChI is InChI=1S/C17H30.C14H24.2C13H22.C11H18.C10H16.C9H12F2.C9H14.C8H10F2.C8H12/c1-12-13(2)17(15(6,7)8)10-9-16(12,11-17)14(3,4)5;1-10-11(2)14(12(3,4)5)8-7-13(10,6)9-14;1-9-10(2)13(6)8-7-12(9,5)11(13,3)4;1-9-10(2)13(12(3,4)5)7-6-11(9)8-13;1-8-9(2)11(4)6-5-10(8,3)7-11;1-7-8(2)10(4)5-9(7,3)6-10;1-6-7(2)9(11)4-3-8(6,10)5-9;1-6-7(2)9-4-3-8(6)5-9;1-5-6(2)8(10)3-7(5,9)4-8;1-5-6(2)8-3-7(5)4-8/h9-11H2,1-8H3;7-9H2,1-6H3;7-8H2,1-6H3;11H,6-8H2,1-5H3;5-7H2,1-4H3;5-6H2,1-4H3;3-5H2,1-2H3;8-9H,3-5H2,1-2H3;3-4H2,1-2H3;7-8H,3-4H2,1-2H3. The summed E-state index contributed by atoms with van der Waals surface area (Å²) in [5.41, 5.74) is 32.7. The average Bonchev–Trinajstić information content (AvgIpc) is 1.57. The predicted molar refractivity (Wildman–Crippen MR) is 495 cm³/mol. The van der Waals surface area contributed by atoms with E-state index in [2.05, 4.69) is 256 Å². The zero-order valence-corrected chi connectivity index (χ0v) is 83.8. The quantitative estimate of drug-likeness (QED) is 0.168. The van der Waals surface area contributed by atoms with Gasteiger partial charge in [0.2, 0.25) is 0 Å². The van der Waals surface area contributed by atoms with Gasteiger partial charge in [0.1, 0.15) is 22.7 Å². The molecule has 656 valence electrons. The first-order chi connectivity index (χ1) is 52.4. The molecule has 0 amide bonds. The second-order valence-electron chi connectivity index (χ2n) is 51.5. The smallest absolute Gasteiger partial charge is 0.138 e. The van der Waals surface area contributed by atoms with E-state index in [1.807, 2.05) is 0 Å². The highest BCUT2D eigenvalue weighted by molar-refractivity contribution is 5.48. The highest BCUT2D eigenvalue weighted by atomic mass is 19.2. The Hall–Kier alpha value is -2.88. The van der Waals surface area contributed by atoms with Gasteiger partial charge in [0, 0.05) is 19.3 Å². The first-order valence-corrected chi connectivity index (χ1v) is 47.9. The van der Waals surface area contributed by atoms with Crippen molar-refractivity contribution in [3.05, 3.63) is 111 Å². The third-order valence-corrected chi connectivity index (χ3v) is 43.8. The first-order valence-electron chi connectivity index (χ1n) is 47.9. The normalized spacial score (nSPS) is 44.7. The highest BCUT2D eigenvalue weighted by Gasteiger charge is 2.68. The van der Waals surface area contributed by atoms with Gasteiger partial charge < -0.3 is 0 Å². The largest absolute Gasteiger partial charge is 0.239 e. The van der Waals surface area contributed by atoms with Crippen LogP contribution in [0.3, 0.4) is 0 Å². The fraction of sp³-hybridized carbons (Fsp3) is 0.821. The van der Waals surface area contributed by atoms with E-state index in [1.165, 1.54) is 135 Å². The monoisotopic (exact) mass is 1600 g/mol. The van der Waals surface area contributed by atoms with Gasteiger partial charge in [-0.3, -0.25) is 0 Å². The van der Waals surface area contributed by atoms with E-state index in [0.717, 1.165) is 29.6 Å².